The quantitative estimate of drug-likeness (QED) is 0.785. The maximum absolute atomic E-state index is 12.3. The maximum atomic E-state index is 12.3. The van der Waals surface area contributed by atoms with Crippen molar-refractivity contribution in [3.05, 3.63) is 42.5 Å². The Labute approximate surface area is 106 Å². The zero-order valence-electron chi connectivity index (χ0n) is 10.3. The molecule has 96 valence electrons. The highest BCUT2D eigenvalue weighted by Gasteiger charge is 2.49. The van der Waals surface area contributed by atoms with Gasteiger partial charge in [0.2, 0.25) is 0 Å². The third kappa shape index (κ3) is 1.83. The number of aliphatic hydroxyl groups excluding tert-OH is 1. The van der Waals surface area contributed by atoms with E-state index >= 15 is 0 Å². The van der Waals surface area contributed by atoms with E-state index in [4.69, 9.17) is 0 Å². The number of aliphatic hydroxyl groups is 2. The molecule has 1 heterocycles. The van der Waals surface area contributed by atoms with E-state index in [1.807, 2.05) is 6.07 Å². The standard InChI is InChI=1S/C14H17NO3/c1-3-8-15-12-7-5-4-6-11(12)14(18,13(15)17)9-10(2)16/h3-7,10,16,18H,1,8-9H2,2H3/t10-,14-/m0/s1. The molecule has 0 aromatic heterocycles. The summed E-state index contributed by atoms with van der Waals surface area (Å²) in [6.07, 6.45) is 0.856. The minimum absolute atomic E-state index is 0.00348. The van der Waals surface area contributed by atoms with E-state index in [0.29, 0.717) is 17.8 Å². The molecule has 1 aromatic rings. The number of rotatable bonds is 4. The summed E-state index contributed by atoms with van der Waals surface area (Å²) in [5.41, 5.74) is -0.392. The number of anilines is 1. The van der Waals surface area contributed by atoms with Gasteiger partial charge in [0.1, 0.15) is 0 Å². The summed E-state index contributed by atoms with van der Waals surface area (Å²) in [5.74, 6) is -0.399. The Kier molecular flexibility index (Phi) is 3.24. The lowest BCUT2D eigenvalue weighted by Crippen LogP contribution is -2.42. The number of carbonyl (C=O) groups is 1. The Balaban J connectivity index is 2.50. The first-order valence-electron chi connectivity index (χ1n) is 5.93. The van der Waals surface area contributed by atoms with Crippen LogP contribution in [0.2, 0.25) is 0 Å². The summed E-state index contributed by atoms with van der Waals surface area (Å²) in [7, 11) is 0. The van der Waals surface area contributed by atoms with E-state index in [0.717, 1.165) is 0 Å². The summed E-state index contributed by atoms with van der Waals surface area (Å²) < 4.78 is 0. The molecule has 0 unspecified atom stereocenters. The Morgan fingerprint density at radius 1 is 1.50 bits per heavy atom. The average Bonchev–Trinajstić information content (AvgIpc) is 2.52. The van der Waals surface area contributed by atoms with Gasteiger partial charge in [0.25, 0.3) is 5.91 Å². The van der Waals surface area contributed by atoms with Crippen LogP contribution in [0.4, 0.5) is 5.69 Å². The van der Waals surface area contributed by atoms with Crippen LogP contribution in [0.5, 0.6) is 0 Å². The van der Waals surface area contributed by atoms with Crippen LogP contribution in [-0.4, -0.2) is 28.8 Å². The maximum Gasteiger partial charge on any atom is 0.264 e. The van der Waals surface area contributed by atoms with E-state index in [-0.39, 0.29) is 6.42 Å². The largest absolute Gasteiger partial charge is 0.393 e. The molecule has 4 nitrogen and oxygen atoms in total. The molecule has 2 rings (SSSR count). The van der Waals surface area contributed by atoms with Crippen LogP contribution in [0.3, 0.4) is 0 Å². The predicted octanol–water partition coefficient (Wildman–Crippen LogP) is 1.18. The molecule has 0 fully saturated rings. The number of nitrogens with zero attached hydrogens (tertiary/aromatic N) is 1. The highest BCUT2D eigenvalue weighted by Crippen LogP contribution is 2.42. The van der Waals surface area contributed by atoms with E-state index in [1.165, 1.54) is 4.90 Å². The summed E-state index contributed by atoms with van der Waals surface area (Å²) in [5, 5.41) is 20.1. The van der Waals surface area contributed by atoms with Gasteiger partial charge in [-0.3, -0.25) is 4.79 Å². The fourth-order valence-electron chi connectivity index (χ4n) is 2.44. The highest BCUT2D eigenvalue weighted by molar-refractivity contribution is 6.07. The van der Waals surface area contributed by atoms with Crippen molar-refractivity contribution in [2.75, 3.05) is 11.4 Å². The van der Waals surface area contributed by atoms with Gasteiger partial charge in [-0.15, -0.1) is 6.58 Å². The zero-order chi connectivity index (χ0) is 13.3. The van der Waals surface area contributed by atoms with Crippen LogP contribution in [0, 0.1) is 0 Å². The fourth-order valence-corrected chi connectivity index (χ4v) is 2.44. The van der Waals surface area contributed by atoms with Crippen LogP contribution in [-0.2, 0) is 10.4 Å². The molecular weight excluding hydrogens is 230 g/mol. The van der Waals surface area contributed by atoms with E-state index in [1.54, 1.807) is 31.2 Å². The normalized spacial score (nSPS) is 23.9. The summed E-state index contributed by atoms with van der Waals surface area (Å²) >= 11 is 0. The second-order valence-corrected chi connectivity index (χ2v) is 4.64. The van der Waals surface area contributed by atoms with Crippen molar-refractivity contribution in [1.82, 2.24) is 0 Å². The van der Waals surface area contributed by atoms with Crippen LogP contribution in [0.25, 0.3) is 0 Å². The fraction of sp³-hybridized carbons (Fsp3) is 0.357. The zero-order valence-corrected chi connectivity index (χ0v) is 10.3. The minimum Gasteiger partial charge on any atom is -0.393 e. The van der Waals surface area contributed by atoms with Crippen LogP contribution >= 0.6 is 0 Å². The Morgan fingerprint density at radius 3 is 2.78 bits per heavy atom. The first-order valence-corrected chi connectivity index (χ1v) is 5.93. The molecule has 4 heteroatoms. The molecule has 2 N–H and O–H groups in total. The number of para-hydroxylation sites is 1. The molecular formula is C14H17NO3. The third-order valence-electron chi connectivity index (χ3n) is 3.14. The number of carbonyl (C=O) groups excluding carboxylic acids is 1. The minimum atomic E-state index is -1.63. The van der Waals surface area contributed by atoms with Gasteiger partial charge in [0, 0.05) is 18.5 Å². The predicted molar refractivity (Wildman–Crippen MR) is 69.2 cm³/mol. The number of benzene rings is 1. The molecule has 0 spiro atoms. The SMILES string of the molecule is C=CCN1C(=O)[C@](O)(C[C@H](C)O)c2ccccc21. The van der Waals surface area contributed by atoms with Crippen molar-refractivity contribution in [2.24, 2.45) is 0 Å². The first kappa shape index (κ1) is 12.8. The van der Waals surface area contributed by atoms with E-state index < -0.39 is 17.6 Å². The third-order valence-corrected chi connectivity index (χ3v) is 3.14. The topological polar surface area (TPSA) is 60.8 Å². The van der Waals surface area contributed by atoms with Gasteiger partial charge >= 0.3 is 0 Å². The van der Waals surface area contributed by atoms with Crippen molar-refractivity contribution in [2.45, 2.75) is 25.0 Å². The van der Waals surface area contributed by atoms with Gasteiger partial charge in [-0.2, -0.15) is 0 Å². The van der Waals surface area contributed by atoms with Crippen LogP contribution in [0.15, 0.2) is 36.9 Å². The first-order chi connectivity index (χ1) is 8.50. The van der Waals surface area contributed by atoms with Gasteiger partial charge in [-0.1, -0.05) is 24.3 Å². The second-order valence-electron chi connectivity index (χ2n) is 4.64. The van der Waals surface area contributed by atoms with Gasteiger partial charge in [-0.05, 0) is 13.0 Å². The monoisotopic (exact) mass is 247 g/mol. The summed E-state index contributed by atoms with van der Waals surface area (Å²) in [6.45, 7) is 5.52. The second kappa shape index (κ2) is 4.55. The molecule has 0 bridgehead atoms. The Morgan fingerprint density at radius 2 is 2.17 bits per heavy atom. The molecule has 1 aliphatic heterocycles. The lowest BCUT2D eigenvalue weighted by molar-refractivity contribution is -0.139. The lowest BCUT2D eigenvalue weighted by Gasteiger charge is -2.23. The molecule has 1 amide bonds. The molecule has 0 aliphatic carbocycles. The van der Waals surface area contributed by atoms with Crippen molar-refractivity contribution >= 4 is 11.6 Å². The number of fused-ring (bicyclic) bond motifs is 1. The molecule has 1 aliphatic rings. The van der Waals surface area contributed by atoms with E-state index in [9.17, 15) is 15.0 Å². The average molecular weight is 247 g/mol. The van der Waals surface area contributed by atoms with Crippen molar-refractivity contribution in [3.63, 3.8) is 0 Å². The highest BCUT2D eigenvalue weighted by atomic mass is 16.3. The molecule has 2 atom stereocenters. The van der Waals surface area contributed by atoms with Gasteiger partial charge < -0.3 is 15.1 Å². The van der Waals surface area contributed by atoms with Gasteiger partial charge in [0.15, 0.2) is 5.60 Å². The summed E-state index contributed by atoms with van der Waals surface area (Å²) in [4.78, 5) is 13.8. The van der Waals surface area contributed by atoms with Crippen molar-refractivity contribution in [1.29, 1.82) is 0 Å². The lowest BCUT2D eigenvalue weighted by atomic mass is 9.90. The van der Waals surface area contributed by atoms with Crippen LogP contribution in [0.1, 0.15) is 18.9 Å². The van der Waals surface area contributed by atoms with Gasteiger partial charge in [-0.25, -0.2) is 0 Å². The number of hydrogen-bond acceptors (Lipinski definition) is 3. The molecule has 0 saturated heterocycles. The molecule has 0 radical (unpaired) electrons. The van der Waals surface area contributed by atoms with Crippen molar-refractivity contribution in [3.8, 4) is 0 Å². The van der Waals surface area contributed by atoms with Crippen LogP contribution < -0.4 is 4.90 Å². The van der Waals surface area contributed by atoms with E-state index in [2.05, 4.69) is 6.58 Å². The Hall–Kier alpha value is -1.65. The van der Waals surface area contributed by atoms with Crippen molar-refractivity contribution < 1.29 is 15.0 Å². The molecule has 18 heavy (non-hydrogen) atoms. The van der Waals surface area contributed by atoms with Gasteiger partial charge in [0.05, 0.1) is 11.8 Å². The summed E-state index contributed by atoms with van der Waals surface area (Å²) in [6, 6.07) is 7.10. The Bertz CT molecular complexity index is 484. The molecule has 0 saturated carbocycles. The number of amides is 1. The molecule has 1 aromatic carbocycles. The smallest absolute Gasteiger partial charge is 0.264 e. The number of hydrogen-bond donors (Lipinski definition) is 2.